The number of carbonyl (C=O) groups is 1. The topological polar surface area (TPSA) is 55.1 Å². The fourth-order valence-corrected chi connectivity index (χ4v) is 2.79. The molecule has 2 rings (SSSR count). The van der Waals surface area contributed by atoms with Gasteiger partial charge in [-0.1, -0.05) is 6.58 Å². The van der Waals surface area contributed by atoms with E-state index >= 15 is 0 Å². The highest BCUT2D eigenvalue weighted by Gasteiger charge is 2.44. The summed E-state index contributed by atoms with van der Waals surface area (Å²) < 4.78 is 0. The molecular formula is C11H18N2O. The number of hydrogen-bond donors (Lipinski definition) is 2. The van der Waals surface area contributed by atoms with Crippen LogP contribution in [0, 0.1) is 11.8 Å². The quantitative estimate of drug-likeness (QED) is 0.639. The van der Waals surface area contributed by atoms with Gasteiger partial charge >= 0.3 is 0 Å². The third-order valence-electron chi connectivity index (χ3n) is 3.62. The van der Waals surface area contributed by atoms with Crippen LogP contribution in [-0.4, -0.2) is 18.0 Å². The van der Waals surface area contributed by atoms with Gasteiger partial charge in [-0.3, -0.25) is 4.79 Å². The molecule has 0 spiro atoms. The Kier molecular flexibility index (Phi) is 2.35. The van der Waals surface area contributed by atoms with Crippen LogP contribution in [0.4, 0.5) is 0 Å². The van der Waals surface area contributed by atoms with E-state index < -0.39 is 0 Å². The first-order valence-corrected chi connectivity index (χ1v) is 5.30. The van der Waals surface area contributed by atoms with Gasteiger partial charge in [-0.2, -0.15) is 0 Å². The Labute approximate surface area is 84.7 Å². The van der Waals surface area contributed by atoms with Crippen molar-refractivity contribution in [3.8, 4) is 0 Å². The molecule has 0 aliphatic heterocycles. The standard InChI is InChI=1S/C11H18N2O/c1-6(2)11(14)13-10-5-7-3-8(10)4-9(7)12/h7-10H,1,3-5,12H2,2H3,(H,13,14). The number of rotatable bonds is 2. The lowest BCUT2D eigenvalue weighted by molar-refractivity contribution is -0.118. The predicted octanol–water partition coefficient (Wildman–Crippen LogP) is 0.804. The molecule has 0 saturated heterocycles. The molecule has 0 radical (unpaired) electrons. The zero-order valence-corrected chi connectivity index (χ0v) is 8.62. The van der Waals surface area contributed by atoms with Crippen molar-refractivity contribution in [3.05, 3.63) is 12.2 Å². The van der Waals surface area contributed by atoms with Crippen LogP contribution in [0.1, 0.15) is 26.2 Å². The molecule has 3 nitrogen and oxygen atoms in total. The first kappa shape index (κ1) is 9.71. The maximum atomic E-state index is 11.4. The average molecular weight is 194 g/mol. The van der Waals surface area contributed by atoms with Crippen molar-refractivity contribution in [2.75, 3.05) is 0 Å². The van der Waals surface area contributed by atoms with E-state index in [4.69, 9.17) is 5.73 Å². The molecule has 3 N–H and O–H groups in total. The molecule has 2 saturated carbocycles. The first-order chi connectivity index (χ1) is 6.58. The van der Waals surface area contributed by atoms with Crippen molar-refractivity contribution in [3.63, 3.8) is 0 Å². The van der Waals surface area contributed by atoms with Crippen LogP contribution in [0.2, 0.25) is 0 Å². The minimum absolute atomic E-state index is 0.00359. The number of carbonyl (C=O) groups excluding carboxylic acids is 1. The second-order valence-electron chi connectivity index (χ2n) is 4.75. The summed E-state index contributed by atoms with van der Waals surface area (Å²) in [6.07, 6.45) is 3.33. The van der Waals surface area contributed by atoms with Crippen LogP contribution in [0.5, 0.6) is 0 Å². The summed E-state index contributed by atoms with van der Waals surface area (Å²) in [6, 6.07) is 0.724. The van der Waals surface area contributed by atoms with Gasteiger partial charge in [0.25, 0.3) is 0 Å². The molecule has 4 atom stereocenters. The van der Waals surface area contributed by atoms with Crippen molar-refractivity contribution in [1.29, 1.82) is 0 Å². The zero-order chi connectivity index (χ0) is 10.3. The molecule has 2 bridgehead atoms. The Balaban J connectivity index is 1.91. The van der Waals surface area contributed by atoms with Crippen LogP contribution in [0.15, 0.2) is 12.2 Å². The maximum absolute atomic E-state index is 11.4. The van der Waals surface area contributed by atoms with E-state index in [1.54, 1.807) is 6.92 Å². The van der Waals surface area contributed by atoms with Crippen molar-refractivity contribution in [1.82, 2.24) is 5.32 Å². The molecule has 4 unspecified atom stereocenters. The number of hydrogen-bond acceptors (Lipinski definition) is 2. The largest absolute Gasteiger partial charge is 0.349 e. The van der Waals surface area contributed by atoms with E-state index in [-0.39, 0.29) is 5.91 Å². The summed E-state index contributed by atoms with van der Waals surface area (Å²) in [5.41, 5.74) is 6.54. The van der Waals surface area contributed by atoms with Crippen molar-refractivity contribution >= 4 is 5.91 Å². The Morgan fingerprint density at radius 2 is 2.07 bits per heavy atom. The SMILES string of the molecule is C=C(C)C(=O)NC1CC2CC1CC2N. The van der Waals surface area contributed by atoms with Crippen molar-refractivity contribution in [2.24, 2.45) is 17.6 Å². The summed E-state index contributed by atoms with van der Waals surface area (Å²) in [7, 11) is 0. The summed E-state index contributed by atoms with van der Waals surface area (Å²) in [5, 5.41) is 3.04. The Morgan fingerprint density at radius 1 is 1.36 bits per heavy atom. The number of fused-ring (bicyclic) bond motifs is 2. The lowest BCUT2D eigenvalue weighted by Crippen LogP contribution is -2.42. The molecule has 0 aromatic carbocycles. The lowest BCUT2D eigenvalue weighted by atomic mass is 9.92. The molecule has 14 heavy (non-hydrogen) atoms. The molecule has 0 aromatic rings. The van der Waals surface area contributed by atoms with Gasteiger partial charge in [0.1, 0.15) is 0 Å². The monoisotopic (exact) mass is 194 g/mol. The highest BCUT2D eigenvalue weighted by Crippen LogP contribution is 2.43. The van der Waals surface area contributed by atoms with Gasteiger partial charge in [0, 0.05) is 17.7 Å². The summed E-state index contributed by atoms with van der Waals surface area (Å²) in [4.78, 5) is 11.4. The fraction of sp³-hybridized carbons (Fsp3) is 0.727. The van der Waals surface area contributed by atoms with E-state index in [0.717, 1.165) is 12.8 Å². The third-order valence-corrected chi connectivity index (χ3v) is 3.62. The third kappa shape index (κ3) is 1.57. The molecule has 3 heteroatoms. The predicted molar refractivity (Wildman–Crippen MR) is 55.6 cm³/mol. The van der Waals surface area contributed by atoms with Crippen LogP contribution in [0.25, 0.3) is 0 Å². The first-order valence-electron chi connectivity index (χ1n) is 5.30. The second-order valence-corrected chi connectivity index (χ2v) is 4.75. The van der Waals surface area contributed by atoms with Gasteiger partial charge in [0.2, 0.25) is 5.91 Å². The van der Waals surface area contributed by atoms with E-state index in [9.17, 15) is 4.79 Å². The van der Waals surface area contributed by atoms with Gasteiger partial charge < -0.3 is 11.1 Å². The minimum Gasteiger partial charge on any atom is -0.349 e. The second kappa shape index (κ2) is 3.39. The van der Waals surface area contributed by atoms with Crippen molar-refractivity contribution in [2.45, 2.75) is 38.3 Å². The smallest absolute Gasteiger partial charge is 0.246 e. The molecule has 78 valence electrons. The molecule has 1 amide bonds. The number of amides is 1. The van der Waals surface area contributed by atoms with E-state index in [1.165, 1.54) is 6.42 Å². The lowest BCUT2D eigenvalue weighted by Gasteiger charge is -2.26. The Morgan fingerprint density at radius 3 is 2.50 bits per heavy atom. The van der Waals surface area contributed by atoms with Crippen LogP contribution >= 0.6 is 0 Å². The zero-order valence-electron chi connectivity index (χ0n) is 8.62. The molecule has 0 heterocycles. The molecule has 2 fully saturated rings. The number of nitrogens with one attached hydrogen (secondary N) is 1. The van der Waals surface area contributed by atoms with Crippen LogP contribution in [0.3, 0.4) is 0 Å². The van der Waals surface area contributed by atoms with Crippen molar-refractivity contribution < 1.29 is 4.79 Å². The van der Waals surface area contributed by atoms with Crippen LogP contribution in [-0.2, 0) is 4.79 Å². The van der Waals surface area contributed by atoms with Gasteiger partial charge in [0.15, 0.2) is 0 Å². The molecule has 0 aromatic heterocycles. The Bertz CT molecular complexity index is 272. The Hall–Kier alpha value is -0.830. The van der Waals surface area contributed by atoms with E-state index in [1.807, 2.05) is 0 Å². The minimum atomic E-state index is -0.00359. The van der Waals surface area contributed by atoms with E-state index in [0.29, 0.717) is 29.5 Å². The summed E-state index contributed by atoms with van der Waals surface area (Å²) in [5.74, 6) is 1.24. The molecular weight excluding hydrogens is 176 g/mol. The van der Waals surface area contributed by atoms with Gasteiger partial charge in [-0.15, -0.1) is 0 Å². The molecule has 2 aliphatic rings. The average Bonchev–Trinajstić information content (AvgIpc) is 2.62. The van der Waals surface area contributed by atoms with Gasteiger partial charge in [-0.05, 0) is 38.0 Å². The van der Waals surface area contributed by atoms with Crippen LogP contribution < -0.4 is 11.1 Å². The maximum Gasteiger partial charge on any atom is 0.246 e. The number of nitrogens with two attached hydrogens (primary N) is 1. The summed E-state index contributed by atoms with van der Waals surface area (Å²) in [6.45, 7) is 5.38. The van der Waals surface area contributed by atoms with Gasteiger partial charge in [-0.25, -0.2) is 0 Å². The highest BCUT2D eigenvalue weighted by atomic mass is 16.1. The summed E-state index contributed by atoms with van der Waals surface area (Å²) >= 11 is 0. The normalized spacial score (nSPS) is 39.9. The fourth-order valence-electron chi connectivity index (χ4n) is 2.79. The van der Waals surface area contributed by atoms with E-state index in [2.05, 4.69) is 11.9 Å². The molecule has 2 aliphatic carbocycles. The van der Waals surface area contributed by atoms with Gasteiger partial charge in [0.05, 0.1) is 0 Å². The highest BCUT2D eigenvalue weighted by molar-refractivity contribution is 5.92.